The second-order valence-corrected chi connectivity index (χ2v) is 3.87. The van der Waals surface area contributed by atoms with Gasteiger partial charge in [-0.2, -0.15) is 5.06 Å². The fraction of sp³-hybridized carbons (Fsp3) is 0.308. The number of hydrogen-bond acceptors (Lipinski definition) is 6. The number of hydrogen-bond donors (Lipinski definition) is 2. The first-order valence-electron chi connectivity index (χ1n) is 6.00. The quantitative estimate of drug-likeness (QED) is 0.520. The van der Waals surface area contributed by atoms with Crippen molar-refractivity contribution in [3.8, 4) is 0 Å². The zero-order valence-electron chi connectivity index (χ0n) is 11.0. The second-order valence-electron chi connectivity index (χ2n) is 3.87. The molecule has 114 valence electrons. The van der Waals surface area contributed by atoms with Gasteiger partial charge in [-0.1, -0.05) is 30.3 Å². The Hall–Kier alpha value is -2.45. The standard InChI is InChI=1S/C13H15NO7/c15-6-7-21-14(11(8-16)12(17)18)13(19)20-9-10-4-2-1-3-5-10/h1-6,11,16H,7-9H2,(H,17,18)/t11-/m1/s1. The van der Waals surface area contributed by atoms with E-state index < -0.39 is 31.3 Å². The van der Waals surface area contributed by atoms with Crippen LogP contribution < -0.4 is 0 Å². The summed E-state index contributed by atoms with van der Waals surface area (Å²) in [6.07, 6.45) is -0.768. The van der Waals surface area contributed by atoms with Crippen LogP contribution in [-0.4, -0.2) is 52.9 Å². The molecule has 1 rings (SSSR count). The van der Waals surface area contributed by atoms with Gasteiger partial charge in [0.2, 0.25) is 0 Å². The summed E-state index contributed by atoms with van der Waals surface area (Å²) in [6, 6.07) is 7.05. The van der Waals surface area contributed by atoms with E-state index in [4.69, 9.17) is 19.8 Å². The lowest BCUT2D eigenvalue weighted by atomic mass is 10.2. The van der Waals surface area contributed by atoms with Crippen LogP contribution in [0.15, 0.2) is 30.3 Å². The third kappa shape index (κ3) is 5.21. The molecule has 0 aliphatic carbocycles. The Bertz CT molecular complexity index is 477. The average molecular weight is 297 g/mol. The number of rotatable bonds is 8. The minimum atomic E-state index is -1.66. The van der Waals surface area contributed by atoms with Gasteiger partial charge in [-0.25, -0.2) is 9.59 Å². The summed E-state index contributed by atoms with van der Waals surface area (Å²) in [5, 5.41) is 18.2. The Labute approximate surface area is 120 Å². The van der Waals surface area contributed by atoms with Gasteiger partial charge in [0.15, 0.2) is 6.04 Å². The largest absolute Gasteiger partial charge is 0.480 e. The molecule has 0 radical (unpaired) electrons. The van der Waals surface area contributed by atoms with Crippen LogP contribution in [0.1, 0.15) is 5.56 Å². The Morgan fingerprint density at radius 1 is 1.29 bits per heavy atom. The van der Waals surface area contributed by atoms with E-state index in [1.807, 2.05) is 0 Å². The summed E-state index contributed by atoms with van der Waals surface area (Å²) in [4.78, 5) is 37.7. The van der Waals surface area contributed by atoms with Crippen molar-refractivity contribution < 1.29 is 34.2 Å². The number of benzene rings is 1. The van der Waals surface area contributed by atoms with Crippen molar-refractivity contribution in [2.24, 2.45) is 0 Å². The average Bonchev–Trinajstić information content (AvgIpc) is 2.49. The van der Waals surface area contributed by atoms with E-state index in [1.165, 1.54) is 0 Å². The van der Waals surface area contributed by atoms with Crippen LogP contribution in [0.2, 0.25) is 0 Å². The molecule has 2 N–H and O–H groups in total. The molecule has 0 aromatic heterocycles. The fourth-order valence-electron chi connectivity index (χ4n) is 1.42. The minimum Gasteiger partial charge on any atom is -0.480 e. The molecule has 0 aliphatic rings. The number of ether oxygens (including phenoxy) is 1. The third-order valence-corrected chi connectivity index (χ3v) is 2.41. The van der Waals surface area contributed by atoms with Gasteiger partial charge in [-0.3, -0.25) is 4.84 Å². The maximum atomic E-state index is 11.8. The van der Waals surface area contributed by atoms with Crippen LogP contribution in [-0.2, 0) is 25.8 Å². The summed E-state index contributed by atoms with van der Waals surface area (Å²) in [6.45, 7) is -1.52. The van der Waals surface area contributed by atoms with Gasteiger partial charge in [0, 0.05) is 0 Å². The van der Waals surface area contributed by atoms with Crippen molar-refractivity contribution in [1.82, 2.24) is 5.06 Å². The third-order valence-electron chi connectivity index (χ3n) is 2.41. The van der Waals surface area contributed by atoms with Gasteiger partial charge in [-0.05, 0) is 5.56 Å². The zero-order chi connectivity index (χ0) is 15.7. The van der Waals surface area contributed by atoms with Crippen molar-refractivity contribution in [1.29, 1.82) is 0 Å². The van der Waals surface area contributed by atoms with E-state index in [-0.39, 0.29) is 6.61 Å². The lowest BCUT2D eigenvalue weighted by Gasteiger charge is -2.24. The SMILES string of the molecule is O=CCON(C(=O)OCc1ccccc1)[C@H](CO)C(=O)O. The van der Waals surface area contributed by atoms with Gasteiger partial charge in [0.25, 0.3) is 0 Å². The first-order chi connectivity index (χ1) is 10.1. The van der Waals surface area contributed by atoms with Crippen molar-refractivity contribution in [3.05, 3.63) is 35.9 Å². The van der Waals surface area contributed by atoms with Crippen LogP contribution >= 0.6 is 0 Å². The molecule has 0 aliphatic heterocycles. The van der Waals surface area contributed by atoms with Crippen LogP contribution in [0.5, 0.6) is 0 Å². The molecule has 0 saturated carbocycles. The summed E-state index contributed by atoms with van der Waals surface area (Å²) >= 11 is 0. The Kier molecular flexibility index (Phi) is 6.85. The lowest BCUT2D eigenvalue weighted by Crippen LogP contribution is -2.47. The maximum absolute atomic E-state index is 11.8. The summed E-state index contributed by atoms with van der Waals surface area (Å²) in [7, 11) is 0. The van der Waals surface area contributed by atoms with Gasteiger partial charge in [0.1, 0.15) is 19.5 Å². The number of amides is 1. The first-order valence-corrected chi connectivity index (χ1v) is 6.00. The second kappa shape index (κ2) is 8.67. The van der Waals surface area contributed by atoms with E-state index in [0.717, 1.165) is 0 Å². The summed E-state index contributed by atoms with van der Waals surface area (Å²) in [5.41, 5.74) is 0.692. The van der Waals surface area contributed by atoms with Crippen LogP contribution in [0, 0.1) is 0 Å². The van der Waals surface area contributed by atoms with Crippen LogP contribution in [0.3, 0.4) is 0 Å². The predicted molar refractivity (Wildman–Crippen MR) is 69.0 cm³/mol. The normalized spacial score (nSPS) is 11.5. The fourth-order valence-corrected chi connectivity index (χ4v) is 1.42. The highest BCUT2D eigenvalue weighted by atomic mass is 16.7. The van der Waals surface area contributed by atoms with E-state index in [2.05, 4.69) is 0 Å². The number of aliphatic hydroxyl groups is 1. The molecule has 8 nitrogen and oxygen atoms in total. The Morgan fingerprint density at radius 2 is 1.95 bits per heavy atom. The van der Waals surface area contributed by atoms with Crippen molar-refractivity contribution in [2.45, 2.75) is 12.6 Å². The molecule has 21 heavy (non-hydrogen) atoms. The maximum Gasteiger partial charge on any atom is 0.435 e. The van der Waals surface area contributed by atoms with Gasteiger partial charge in [0.05, 0.1) is 6.61 Å². The van der Waals surface area contributed by atoms with E-state index in [9.17, 15) is 14.4 Å². The molecule has 1 atom stereocenters. The highest BCUT2D eigenvalue weighted by Crippen LogP contribution is 2.07. The first kappa shape index (κ1) is 16.6. The number of carbonyl (C=O) groups is 3. The molecular formula is C13H15NO7. The van der Waals surface area contributed by atoms with E-state index in [1.54, 1.807) is 30.3 Å². The highest BCUT2D eigenvalue weighted by Gasteiger charge is 2.31. The topological polar surface area (TPSA) is 113 Å². The van der Waals surface area contributed by atoms with Gasteiger partial charge in [-0.15, -0.1) is 0 Å². The van der Waals surface area contributed by atoms with Crippen LogP contribution in [0.4, 0.5) is 4.79 Å². The van der Waals surface area contributed by atoms with Crippen molar-refractivity contribution in [3.63, 3.8) is 0 Å². The molecular weight excluding hydrogens is 282 g/mol. The number of nitrogens with zero attached hydrogens (tertiary/aromatic N) is 1. The Balaban J connectivity index is 2.70. The molecule has 1 aromatic carbocycles. The number of carboxylic acid groups (broad SMARTS) is 1. The summed E-state index contributed by atoms with van der Waals surface area (Å²) in [5.74, 6) is -1.49. The zero-order valence-corrected chi connectivity index (χ0v) is 11.0. The van der Waals surface area contributed by atoms with E-state index >= 15 is 0 Å². The molecule has 1 amide bonds. The molecule has 0 bridgehead atoms. The van der Waals surface area contributed by atoms with Crippen LogP contribution in [0.25, 0.3) is 0 Å². The minimum absolute atomic E-state index is 0.0988. The molecule has 0 heterocycles. The number of aliphatic hydroxyl groups excluding tert-OH is 1. The molecule has 0 fully saturated rings. The molecule has 1 aromatic rings. The number of aliphatic carboxylic acids is 1. The lowest BCUT2D eigenvalue weighted by molar-refractivity contribution is -0.187. The monoisotopic (exact) mass is 297 g/mol. The van der Waals surface area contributed by atoms with Crippen molar-refractivity contribution in [2.75, 3.05) is 13.2 Å². The number of aldehydes is 1. The highest BCUT2D eigenvalue weighted by molar-refractivity contribution is 5.79. The number of carboxylic acids is 1. The smallest absolute Gasteiger partial charge is 0.435 e. The van der Waals surface area contributed by atoms with Crippen molar-refractivity contribution >= 4 is 18.3 Å². The molecule has 0 unspecified atom stereocenters. The summed E-state index contributed by atoms with van der Waals surface area (Å²) < 4.78 is 4.89. The molecule has 0 saturated heterocycles. The predicted octanol–water partition coefficient (Wildman–Crippen LogP) is 0.201. The Morgan fingerprint density at radius 3 is 2.48 bits per heavy atom. The van der Waals surface area contributed by atoms with E-state index in [0.29, 0.717) is 16.9 Å². The van der Waals surface area contributed by atoms with Gasteiger partial charge >= 0.3 is 12.1 Å². The molecule has 8 heteroatoms. The van der Waals surface area contributed by atoms with Gasteiger partial charge < -0.3 is 19.7 Å². The number of carbonyl (C=O) groups excluding carboxylic acids is 2. The number of hydroxylamine groups is 2. The molecule has 0 spiro atoms.